The van der Waals surface area contributed by atoms with Crippen molar-refractivity contribution in [1.82, 2.24) is 4.98 Å². The third kappa shape index (κ3) is 4.29. The minimum atomic E-state index is -0.340. The van der Waals surface area contributed by atoms with Crippen LogP contribution in [0.1, 0.15) is 19.4 Å². The molecule has 1 unspecified atom stereocenters. The van der Waals surface area contributed by atoms with Crippen LogP contribution in [-0.2, 0) is 9.53 Å². The number of nitrogens with one attached hydrogen (secondary N) is 1. The topological polar surface area (TPSA) is 75.0 Å². The molecule has 0 bridgehead atoms. The highest BCUT2D eigenvalue weighted by atomic mass is 35.5. The van der Waals surface area contributed by atoms with Crippen LogP contribution in [0.4, 0.5) is 5.69 Å². The molecule has 1 rings (SSSR count). The van der Waals surface area contributed by atoms with Gasteiger partial charge in [0.2, 0.25) is 0 Å². The zero-order valence-electron chi connectivity index (χ0n) is 9.53. The van der Waals surface area contributed by atoms with Gasteiger partial charge in [0.1, 0.15) is 17.3 Å². The smallest absolute Gasteiger partial charge is 0.302 e. The zero-order chi connectivity index (χ0) is 12.8. The molecule has 1 aromatic heterocycles. The van der Waals surface area contributed by atoms with Gasteiger partial charge in [0.25, 0.3) is 0 Å². The minimum Gasteiger partial charge on any atom is -0.461 e. The van der Waals surface area contributed by atoms with Gasteiger partial charge in [0.15, 0.2) is 0 Å². The van der Waals surface area contributed by atoms with Crippen LogP contribution in [0.25, 0.3) is 0 Å². The van der Waals surface area contributed by atoms with E-state index in [1.165, 1.54) is 13.1 Å². The summed E-state index contributed by atoms with van der Waals surface area (Å²) >= 11 is 5.73. The van der Waals surface area contributed by atoms with Crippen LogP contribution < -0.4 is 5.32 Å². The molecule has 0 saturated carbocycles. The summed E-state index contributed by atoms with van der Waals surface area (Å²) in [6.45, 7) is 3.50. The molecule has 5 nitrogen and oxygen atoms in total. The molecule has 1 N–H and O–H groups in total. The Balaban J connectivity index is 2.66. The van der Waals surface area contributed by atoms with Gasteiger partial charge < -0.3 is 10.1 Å². The second kappa shape index (κ2) is 6.06. The summed E-state index contributed by atoms with van der Waals surface area (Å²) in [7, 11) is 0. The van der Waals surface area contributed by atoms with E-state index in [0.717, 1.165) is 0 Å². The summed E-state index contributed by atoms with van der Waals surface area (Å²) in [6, 6.07) is 3.55. The molecule has 17 heavy (non-hydrogen) atoms. The molecule has 0 aliphatic rings. The first kappa shape index (κ1) is 13.3. The summed E-state index contributed by atoms with van der Waals surface area (Å²) < 4.78 is 4.94. The van der Waals surface area contributed by atoms with Gasteiger partial charge in [-0.05, 0) is 13.0 Å². The van der Waals surface area contributed by atoms with E-state index in [1.54, 1.807) is 13.0 Å². The molecule has 0 amide bonds. The molecule has 0 aromatic carbocycles. The fourth-order valence-electron chi connectivity index (χ4n) is 1.24. The third-order valence-electron chi connectivity index (χ3n) is 1.94. The Morgan fingerprint density at radius 2 is 2.47 bits per heavy atom. The van der Waals surface area contributed by atoms with Gasteiger partial charge in [-0.1, -0.05) is 11.6 Å². The Morgan fingerprint density at radius 1 is 1.76 bits per heavy atom. The zero-order valence-corrected chi connectivity index (χ0v) is 10.3. The maximum atomic E-state index is 10.7. The Kier molecular flexibility index (Phi) is 4.73. The quantitative estimate of drug-likeness (QED) is 0.656. The SMILES string of the molecule is CC(=O)OC(C)CNc1cc(Cl)ncc1C#N. The molecule has 0 aliphatic heterocycles. The van der Waals surface area contributed by atoms with Crippen molar-refractivity contribution in [3.05, 3.63) is 23.0 Å². The molecular formula is C11H12ClN3O2. The molecule has 0 spiro atoms. The van der Waals surface area contributed by atoms with Crippen molar-refractivity contribution >= 4 is 23.3 Å². The van der Waals surface area contributed by atoms with Crippen molar-refractivity contribution in [3.63, 3.8) is 0 Å². The van der Waals surface area contributed by atoms with Crippen molar-refractivity contribution < 1.29 is 9.53 Å². The van der Waals surface area contributed by atoms with Gasteiger partial charge in [-0.3, -0.25) is 4.79 Å². The maximum absolute atomic E-state index is 10.7. The van der Waals surface area contributed by atoms with Crippen molar-refractivity contribution in [1.29, 1.82) is 5.26 Å². The number of ether oxygens (including phenoxy) is 1. The minimum absolute atomic E-state index is 0.286. The van der Waals surface area contributed by atoms with Crippen molar-refractivity contribution in [2.75, 3.05) is 11.9 Å². The number of carbonyl (C=O) groups excluding carboxylic acids is 1. The van der Waals surface area contributed by atoms with E-state index in [2.05, 4.69) is 10.3 Å². The molecule has 0 fully saturated rings. The highest BCUT2D eigenvalue weighted by Gasteiger charge is 2.08. The summed E-state index contributed by atoms with van der Waals surface area (Å²) in [5, 5.41) is 12.1. The summed E-state index contributed by atoms with van der Waals surface area (Å²) in [6.07, 6.45) is 1.10. The monoisotopic (exact) mass is 253 g/mol. The van der Waals surface area contributed by atoms with Crippen molar-refractivity contribution in [3.8, 4) is 6.07 Å². The summed E-state index contributed by atoms with van der Waals surface area (Å²) in [5.41, 5.74) is 0.968. The van der Waals surface area contributed by atoms with E-state index in [0.29, 0.717) is 22.9 Å². The van der Waals surface area contributed by atoms with Gasteiger partial charge in [0.05, 0.1) is 17.8 Å². The van der Waals surface area contributed by atoms with E-state index >= 15 is 0 Å². The second-order valence-electron chi connectivity index (χ2n) is 3.47. The van der Waals surface area contributed by atoms with E-state index in [1.807, 2.05) is 6.07 Å². The number of nitriles is 1. The van der Waals surface area contributed by atoms with Gasteiger partial charge in [-0.25, -0.2) is 4.98 Å². The van der Waals surface area contributed by atoms with Gasteiger partial charge in [0, 0.05) is 13.1 Å². The molecule has 0 saturated heterocycles. The lowest BCUT2D eigenvalue weighted by molar-refractivity contribution is -0.144. The van der Waals surface area contributed by atoms with Gasteiger partial charge in [-0.2, -0.15) is 5.26 Å². The van der Waals surface area contributed by atoms with Crippen LogP contribution in [0.3, 0.4) is 0 Å². The number of nitrogens with zero attached hydrogens (tertiary/aromatic N) is 2. The van der Waals surface area contributed by atoms with Crippen LogP contribution >= 0.6 is 11.6 Å². The molecule has 1 aromatic rings. The predicted molar refractivity (Wildman–Crippen MR) is 63.7 cm³/mol. The first-order valence-electron chi connectivity index (χ1n) is 4.99. The third-order valence-corrected chi connectivity index (χ3v) is 2.14. The Bertz CT molecular complexity index is 457. The van der Waals surface area contributed by atoms with Crippen LogP contribution in [-0.4, -0.2) is 23.6 Å². The van der Waals surface area contributed by atoms with E-state index in [-0.39, 0.29) is 12.1 Å². The van der Waals surface area contributed by atoms with Gasteiger partial charge >= 0.3 is 5.97 Å². The second-order valence-corrected chi connectivity index (χ2v) is 3.85. The number of anilines is 1. The summed E-state index contributed by atoms with van der Waals surface area (Å²) in [5.74, 6) is -0.340. The number of hydrogen-bond donors (Lipinski definition) is 1. The number of aromatic nitrogens is 1. The predicted octanol–water partition coefficient (Wildman–Crippen LogP) is 1.97. The fraction of sp³-hybridized carbons (Fsp3) is 0.364. The van der Waals surface area contributed by atoms with Crippen LogP contribution in [0.2, 0.25) is 5.15 Å². The molecule has 0 aliphatic carbocycles. The Labute approximate surface area is 104 Å². The lowest BCUT2D eigenvalue weighted by atomic mass is 10.2. The molecule has 0 radical (unpaired) electrons. The highest BCUT2D eigenvalue weighted by Crippen LogP contribution is 2.17. The Hall–Kier alpha value is -1.80. The van der Waals surface area contributed by atoms with Crippen molar-refractivity contribution in [2.24, 2.45) is 0 Å². The lowest BCUT2D eigenvalue weighted by Gasteiger charge is -2.14. The van der Waals surface area contributed by atoms with Crippen LogP contribution in [0.15, 0.2) is 12.3 Å². The molecular weight excluding hydrogens is 242 g/mol. The van der Waals surface area contributed by atoms with Crippen LogP contribution in [0.5, 0.6) is 0 Å². The maximum Gasteiger partial charge on any atom is 0.302 e. The molecule has 1 heterocycles. The first-order valence-corrected chi connectivity index (χ1v) is 5.37. The number of halogens is 1. The standard InChI is InChI=1S/C11H12ClN3O2/c1-7(17-8(2)16)5-14-10-3-11(12)15-6-9(10)4-13/h3,6-7H,5H2,1-2H3,(H,14,15). The number of hydrogen-bond acceptors (Lipinski definition) is 5. The van der Waals surface area contributed by atoms with E-state index < -0.39 is 0 Å². The number of pyridine rings is 1. The number of esters is 1. The molecule has 90 valence electrons. The summed E-state index contributed by atoms with van der Waals surface area (Å²) in [4.78, 5) is 14.5. The average Bonchev–Trinajstić information content (AvgIpc) is 2.25. The molecule has 6 heteroatoms. The highest BCUT2D eigenvalue weighted by molar-refractivity contribution is 6.29. The van der Waals surface area contributed by atoms with Crippen LogP contribution in [0, 0.1) is 11.3 Å². The largest absolute Gasteiger partial charge is 0.461 e. The molecule has 1 atom stereocenters. The average molecular weight is 254 g/mol. The van der Waals surface area contributed by atoms with E-state index in [4.69, 9.17) is 21.6 Å². The lowest BCUT2D eigenvalue weighted by Crippen LogP contribution is -2.22. The van der Waals surface area contributed by atoms with E-state index in [9.17, 15) is 4.79 Å². The Morgan fingerprint density at radius 3 is 3.06 bits per heavy atom. The first-order chi connectivity index (χ1) is 8.02. The fourth-order valence-corrected chi connectivity index (χ4v) is 1.40. The number of carbonyl (C=O) groups is 1. The normalized spacial score (nSPS) is 11.4. The number of rotatable bonds is 4. The van der Waals surface area contributed by atoms with Gasteiger partial charge in [-0.15, -0.1) is 0 Å². The van der Waals surface area contributed by atoms with Crippen molar-refractivity contribution in [2.45, 2.75) is 20.0 Å².